The first kappa shape index (κ1) is 11.1. The van der Waals surface area contributed by atoms with Crippen molar-refractivity contribution in [3.05, 3.63) is 40.7 Å². The summed E-state index contributed by atoms with van der Waals surface area (Å²) in [6, 6.07) is 2.03. The predicted octanol–water partition coefficient (Wildman–Crippen LogP) is 2.47. The molecular weight excluding hydrogens is 258 g/mol. The van der Waals surface area contributed by atoms with Crippen LogP contribution in [0.1, 0.15) is 11.5 Å². The molecule has 0 saturated carbocycles. The summed E-state index contributed by atoms with van der Waals surface area (Å²) >= 11 is 1.33. The molecule has 3 aromatic rings. The van der Waals surface area contributed by atoms with Crippen molar-refractivity contribution in [2.24, 2.45) is 0 Å². The molecule has 7 heteroatoms. The predicted molar refractivity (Wildman–Crippen MR) is 65.3 cm³/mol. The number of nitrogens with zero attached hydrogens (tertiary/aromatic N) is 2. The van der Waals surface area contributed by atoms with E-state index >= 15 is 0 Å². The second-order valence-electron chi connectivity index (χ2n) is 3.82. The van der Waals surface area contributed by atoms with Crippen LogP contribution >= 0.6 is 11.3 Å². The molecule has 3 rings (SSSR count). The zero-order valence-corrected chi connectivity index (χ0v) is 9.89. The van der Waals surface area contributed by atoms with Gasteiger partial charge >= 0.3 is 0 Å². The fraction of sp³-hybridized carbons (Fsp3) is 0.0909. The SMILES string of the molecule is Nc1nc(Cc2nc3c(F)cc(F)cc3[nH]2)cs1. The highest BCUT2D eigenvalue weighted by Gasteiger charge is 2.11. The minimum Gasteiger partial charge on any atom is -0.375 e. The third kappa shape index (κ3) is 1.92. The van der Waals surface area contributed by atoms with Gasteiger partial charge in [0.05, 0.1) is 11.2 Å². The lowest BCUT2D eigenvalue weighted by Crippen LogP contribution is -1.91. The summed E-state index contributed by atoms with van der Waals surface area (Å²) < 4.78 is 26.5. The third-order valence-electron chi connectivity index (χ3n) is 2.47. The molecule has 3 N–H and O–H groups in total. The molecule has 1 aromatic carbocycles. The fourth-order valence-electron chi connectivity index (χ4n) is 1.75. The number of nitrogens with two attached hydrogens (primary N) is 1. The Labute approximate surface area is 104 Å². The lowest BCUT2D eigenvalue weighted by Gasteiger charge is -1.90. The number of hydrogen-bond acceptors (Lipinski definition) is 4. The van der Waals surface area contributed by atoms with Crippen molar-refractivity contribution < 1.29 is 8.78 Å². The van der Waals surface area contributed by atoms with E-state index in [-0.39, 0.29) is 5.52 Å². The Balaban J connectivity index is 2.01. The van der Waals surface area contributed by atoms with Crippen LogP contribution in [0.3, 0.4) is 0 Å². The van der Waals surface area contributed by atoms with Crippen molar-refractivity contribution in [3.8, 4) is 0 Å². The van der Waals surface area contributed by atoms with E-state index in [0.29, 0.717) is 22.9 Å². The van der Waals surface area contributed by atoms with Crippen molar-refractivity contribution in [1.29, 1.82) is 0 Å². The standard InChI is InChI=1S/C11H8F2N4S/c12-5-1-7(13)10-8(2-5)16-9(17-10)3-6-4-18-11(14)15-6/h1-2,4H,3H2,(H2,14,15)(H,16,17). The second-order valence-corrected chi connectivity index (χ2v) is 4.71. The highest BCUT2D eigenvalue weighted by Crippen LogP contribution is 2.19. The normalized spacial score (nSPS) is 11.2. The number of halogens is 2. The van der Waals surface area contributed by atoms with Crippen molar-refractivity contribution in [2.75, 3.05) is 5.73 Å². The van der Waals surface area contributed by atoms with Crippen molar-refractivity contribution in [1.82, 2.24) is 15.0 Å². The van der Waals surface area contributed by atoms with Gasteiger partial charge in [0.25, 0.3) is 0 Å². The number of imidazole rings is 1. The van der Waals surface area contributed by atoms with Gasteiger partial charge in [0.15, 0.2) is 10.9 Å². The summed E-state index contributed by atoms with van der Waals surface area (Å²) in [5, 5.41) is 2.28. The minimum atomic E-state index is -0.676. The maximum Gasteiger partial charge on any atom is 0.180 e. The lowest BCUT2D eigenvalue weighted by molar-refractivity contribution is 0.590. The number of rotatable bonds is 2. The number of aromatic amines is 1. The molecule has 0 fully saturated rings. The van der Waals surface area contributed by atoms with Crippen LogP contribution in [0.4, 0.5) is 13.9 Å². The fourth-order valence-corrected chi connectivity index (χ4v) is 2.32. The maximum absolute atomic E-state index is 13.4. The molecule has 92 valence electrons. The number of H-pyrrole nitrogens is 1. The average molecular weight is 266 g/mol. The van der Waals surface area contributed by atoms with Gasteiger partial charge in [-0.3, -0.25) is 0 Å². The summed E-state index contributed by atoms with van der Waals surface area (Å²) in [5.41, 5.74) is 6.74. The molecule has 0 aliphatic carbocycles. The van der Waals surface area contributed by atoms with E-state index in [2.05, 4.69) is 15.0 Å². The number of benzene rings is 1. The van der Waals surface area contributed by atoms with Crippen LogP contribution in [0.2, 0.25) is 0 Å². The monoisotopic (exact) mass is 266 g/mol. The van der Waals surface area contributed by atoms with Gasteiger partial charge in [-0.05, 0) is 6.07 Å². The number of hydrogen-bond donors (Lipinski definition) is 2. The van der Waals surface area contributed by atoms with Crippen LogP contribution in [0.25, 0.3) is 11.0 Å². The van der Waals surface area contributed by atoms with Gasteiger partial charge in [-0.15, -0.1) is 11.3 Å². The molecule has 2 aromatic heterocycles. The summed E-state index contributed by atoms with van der Waals surface area (Å²) in [6.45, 7) is 0. The molecule has 0 spiro atoms. The van der Waals surface area contributed by atoms with Crippen LogP contribution < -0.4 is 5.73 Å². The van der Waals surface area contributed by atoms with Gasteiger partial charge in [-0.1, -0.05) is 0 Å². The molecule has 18 heavy (non-hydrogen) atoms. The summed E-state index contributed by atoms with van der Waals surface area (Å²) in [4.78, 5) is 11.0. The lowest BCUT2D eigenvalue weighted by atomic mass is 10.3. The molecule has 0 aliphatic rings. The van der Waals surface area contributed by atoms with Gasteiger partial charge in [-0.2, -0.15) is 0 Å². The molecule has 0 aliphatic heterocycles. The molecular formula is C11H8F2N4S. The largest absolute Gasteiger partial charge is 0.375 e. The Hall–Kier alpha value is -2.02. The van der Waals surface area contributed by atoms with E-state index in [1.165, 1.54) is 17.4 Å². The molecule has 2 heterocycles. The molecule has 0 radical (unpaired) electrons. The Bertz CT molecular complexity index is 719. The molecule has 0 saturated heterocycles. The molecule has 4 nitrogen and oxygen atoms in total. The first-order valence-electron chi connectivity index (χ1n) is 5.15. The van der Waals surface area contributed by atoms with Crippen molar-refractivity contribution in [2.45, 2.75) is 6.42 Å². The number of nitrogens with one attached hydrogen (secondary N) is 1. The number of fused-ring (bicyclic) bond motifs is 1. The van der Waals surface area contributed by atoms with Crippen LogP contribution in [0.5, 0.6) is 0 Å². The van der Waals surface area contributed by atoms with Crippen LogP contribution in [-0.4, -0.2) is 15.0 Å². The first-order chi connectivity index (χ1) is 8.61. The van der Waals surface area contributed by atoms with E-state index in [9.17, 15) is 8.78 Å². The molecule has 0 unspecified atom stereocenters. The minimum absolute atomic E-state index is 0.134. The number of thiazole rings is 1. The van der Waals surface area contributed by atoms with Gasteiger partial charge in [0.1, 0.15) is 17.2 Å². The summed E-state index contributed by atoms with van der Waals surface area (Å²) in [5.74, 6) is -0.779. The average Bonchev–Trinajstić information content (AvgIpc) is 2.85. The van der Waals surface area contributed by atoms with E-state index in [0.717, 1.165) is 11.8 Å². The summed E-state index contributed by atoms with van der Waals surface area (Å²) in [6.07, 6.45) is 0.406. The van der Waals surface area contributed by atoms with E-state index in [1.807, 2.05) is 0 Å². The van der Waals surface area contributed by atoms with Gasteiger partial charge in [-0.25, -0.2) is 18.7 Å². The third-order valence-corrected chi connectivity index (χ3v) is 3.19. The molecule has 0 bridgehead atoms. The van der Waals surface area contributed by atoms with Crippen LogP contribution in [0, 0.1) is 11.6 Å². The highest BCUT2D eigenvalue weighted by molar-refractivity contribution is 7.13. The molecule has 0 atom stereocenters. The Morgan fingerprint density at radius 3 is 2.83 bits per heavy atom. The van der Waals surface area contributed by atoms with E-state index < -0.39 is 11.6 Å². The number of anilines is 1. The van der Waals surface area contributed by atoms with Crippen molar-refractivity contribution in [3.63, 3.8) is 0 Å². The van der Waals surface area contributed by atoms with E-state index in [1.54, 1.807) is 5.38 Å². The van der Waals surface area contributed by atoms with Gasteiger partial charge in [0.2, 0.25) is 0 Å². The van der Waals surface area contributed by atoms with Gasteiger partial charge < -0.3 is 10.7 Å². The maximum atomic E-state index is 13.4. The number of nitrogen functional groups attached to an aromatic ring is 1. The van der Waals surface area contributed by atoms with Crippen LogP contribution in [-0.2, 0) is 6.42 Å². The highest BCUT2D eigenvalue weighted by atomic mass is 32.1. The number of aromatic nitrogens is 3. The smallest absolute Gasteiger partial charge is 0.180 e. The zero-order valence-electron chi connectivity index (χ0n) is 9.08. The Morgan fingerprint density at radius 1 is 1.28 bits per heavy atom. The second kappa shape index (κ2) is 4.02. The van der Waals surface area contributed by atoms with Crippen molar-refractivity contribution >= 4 is 27.5 Å². The topological polar surface area (TPSA) is 67.6 Å². The van der Waals surface area contributed by atoms with Gasteiger partial charge in [0, 0.05) is 17.9 Å². The zero-order chi connectivity index (χ0) is 12.7. The Kier molecular flexibility index (Phi) is 2.48. The molecule has 0 amide bonds. The quantitative estimate of drug-likeness (QED) is 0.748. The Morgan fingerprint density at radius 2 is 2.11 bits per heavy atom. The van der Waals surface area contributed by atoms with Crippen LogP contribution in [0.15, 0.2) is 17.5 Å². The first-order valence-corrected chi connectivity index (χ1v) is 6.03. The summed E-state index contributed by atoms with van der Waals surface area (Å²) in [7, 11) is 0. The van der Waals surface area contributed by atoms with E-state index in [4.69, 9.17) is 5.73 Å².